The minimum atomic E-state index is -0.857. The van der Waals surface area contributed by atoms with Crippen LogP contribution in [-0.4, -0.2) is 83.4 Å². The second-order valence-corrected chi connectivity index (χ2v) is 20.1. The molecule has 10 nitrogen and oxygen atoms in total. The molecule has 7 fully saturated rings. The third-order valence-electron chi connectivity index (χ3n) is 14.6. The minimum Gasteiger partial charge on any atom is -0.448 e. The molecule has 312 valence electrons. The van der Waals surface area contributed by atoms with Gasteiger partial charge in [-0.3, -0.25) is 19.3 Å². The van der Waals surface area contributed by atoms with E-state index in [-0.39, 0.29) is 29.8 Å². The van der Waals surface area contributed by atoms with Crippen LogP contribution in [0.2, 0.25) is 5.02 Å². The Kier molecular flexibility index (Phi) is 12.3. The van der Waals surface area contributed by atoms with Crippen LogP contribution < -0.4 is 25.7 Å². The summed E-state index contributed by atoms with van der Waals surface area (Å²) in [5, 5.41) is 7.14. The fourth-order valence-corrected chi connectivity index (χ4v) is 12.7. The average Bonchev–Trinajstić information content (AvgIpc) is 3.54. The number of halogens is 1. The summed E-state index contributed by atoms with van der Waals surface area (Å²) in [6.45, 7) is 12.6. The number of thioether (sulfide) groups is 1. The first-order chi connectivity index (χ1) is 27.3. The molecule has 0 spiro atoms. The maximum absolute atomic E-state index is 13.3. The van der Waals surface area contributed by atoms with E-state index < -0.39 is 5.79 Å². The summed E-state index contributed by atoms with van der Waals surface area (Å²) in [5.74, 6) is 5.62. The summed E-state index contributed by atoms with van der Waals surface area (Å²) >= 11 is 8.16. The lowest BCUT2D eigenvalue weighted by molar-refractivity contribution is -0.130. The van der Waals surface area contributed by atoms with E-state index in [1.54, 1.807) is 51.5 Å². The Balaban J connectivity index is 0.000000388. The van der Waals surface area contributed by atoms with Gasteiger partial charge in [0.2, 0.25) is 5.91 Å². The number of fused-ring (bicyclic) bond motifs is 1. The van der Waals surface area contributed by atoms with Gasteiger partial charge in [0.05, 0.1) is 5.02 Å². The average molecular weight is 823 g/mol. The molecule has 8 aliphatic rings. The fraction of sp³-hybridized carbons (Fsp3) is 0.711. The van der Waals surface area contributed by atoms with Gasteiger partial charge < -0.3 is 30.0 Å². The molecule has 10 rings (SSSR count). The van der Waals surface area contributed by atoms with Crippen LogP contribution in [0.5, 0.6) is 11.5 Å². The predicted octanol–water partition coefficient (Wildman–Crippen LogP) is 7.71. The van der Waals surface area contributed by atoms with Crippen molar-refractivity contribution in [1.82, 2.24) is 25.4 Å². The van der Waals surface area contributed by atoms with Gasteiger partial charge in [-0.1, -0.05) is 11.6 Å². The van der Waals surface area contributed by atoms with Crippen LogP contribution in [0.25, 0.3) is 0 Å². The van der Waals surface area contributed by atoms with Gasteiger partial charge in [-0.25, -0.2) is 0 Å². The molecule has 4 heterocycles. The molecular weight excluding hydrogens is 758 g/mol. The lowest BCUT2D eigenvalue weighted by atomic mass is 9.56. The van der Waals surface area contributed by atoms with Gasteiger partial charge in [0.1, 0.15) is 0 Å². The van der Waals surface area contributed by atoms with E-state index in [0.717, 1.165) is 81.8 Å². The fourth-order valence-electron chi connectivity index (χ4n) is 11.8. The zero-order valence-electron chi connectivity index (χ0n) is 34.7. The Morgan fingerprint density at radius 2 is 1.49 bits per heavy atom. The molecule has 3 N–H and O–H groups in total. The third-order valence-corrected chi connectivity index (χ3v) is 15.7. The van der Waals surface area contributed by atoms with Gasteiger partial charge in [-0.15, -0.1) is 11.8 Å². The first kappa shape index (κ1) is 41.0. The Labute approximate surface area is 348 Å². The number of carbonyl (C=O) groups is 2. The number of ether oxygens (including phenoxy) is 2. The topological polar surface area (TPSA) is 116 Å². The summed E-state index contributed by atoms with van der Waals surface area (Å²) < 4.78 is 13.0. The highest BCUT2D eigenvalue weighted by molar-refractivity contribution is 7.98. The minimum absolute atomic E-state index is 0.103. The van der Waals surface area contributed by atoms with E-state index in [4.69, 9.17) is 21.1 Å². The third kappa shape index (κ3) is 9.07. The molecule has 2 aromatic rings. The lowest BCUT2D eigenvalue weighted by Crippen LogP contribution is -2.61. The van der Waals surface area contributed by atoms with Crippen molar-refractivity contribution in [3.8, 4) is 11.5 Å². The quantitative estimate of drug-likeness (QED) is 0.221. The highest BCUT2D eigenvalue weighted by Gasteiger charge is 2.48. The number of benzene rings is 1. The number of amides is 2. The predicted molar refractivity (Wildman–Crippen MR) is 226 cm³/mol. The Morgan fingerprint density at radius 3 is 2.07 bits per heavy atom. The van der Waals surface area contributed by atoms with Gasteiger partial charge in [0.15, 0.2) is 11.5 Å². The molecule has 5 saturated carbocycles. The van der Waals surface area contributed by atoms with Crippen LogP contribution in [0.4, 0.5) is 0 Å². The van der Waals surface area contributed by atoms with Crippen molar-refractivity contribution in [2.75, 3.05) is 39.0 Å². The van der Waals surface area contributed by atoms with Crippen molar-refractivity contribution in [3.63, 3.8) is 0 Å². The molecule has 2 saturated heterocycles. The van der Waals surface area contributed by atoms with Crippen molar-refractivity contribution < 1.29 is 19.1 Å². The van der Waals surface area contributed by atoms with Gasteiger partial charge in [-0.2, -0.15) is 0 Å². The monoisotopic (exact) mass is 821 g/mol. The maximum Gasteiger partial charge on any atom is 0.254 e. The van der Waals surface area contributed by atoms with E-state index in [9.17, 15) is 14.4 Å². The van der Waals surface area contributed by atoms with Crippen molar-refractivity contribution in [2.45, 2.75) is 134 Å². The SMILES string of the molecule is C1C2CC3CC1CC(C2)C3.CSc1cc(C)[nH]c(=O)c1CNC(=O)c1cc(Cl)c2c(c1C)OC(C)(C1CCC(NC3CN(CC4CCN(C(C)=O)CC4)C3)CC1)O2. The zero-order valence-corrected chi connectivity index (χ0v) is 36.3. The molecule has 57 heavy (non-hydrogen) atoms. The van der Waals surface area contributed by atoms with Gasteiger partial charge in [0, 0.05) is 98.4 Å². The molecule has 2 amide bonds. The number of nitrogens with zero attached hydrogens (tertiary/aromatic N) is 2. The molecule has 1 unspecified atom stereocenters. The second-order valence-electron chi connectivity index (χ2n) is 18.9. The van der Waals surface area contributed by atoms with Crippen molar-refractivity contribution in [2.24, 2.45) is 35.5 Å². The number of aromatic amines is 1. The molecule has 0 radical (unpaired) electrons. The van der Waals surface area contributed by atoms with Crippen LogP contribution >= 0.6 is 23.4 Å². The molecule has 1 atom stereocenters. The number of pyridine rings is 1. The first-order valence-electron chi connectivity index (χ1n) is 21.8. The van der Waals surface area contributed by atoms with E-state index in [2.05, 4.69) is 20.5 Å². The number of aromatic nitrogens is 1. The molecule has 4 bridgehead atoms. The molecule has 5 aliphatic carbocycles. The largest absolute Gasteiger partial charge is 0.448 e. The Hall–Kier alpha value is -2.73. The Morgan fingerprint density at radius 1 is 0.895 bits per heavy atom. The van der Waals surface area contributed by atoms with Gasteiger partial charge in [-0.05, 0) is 139 Å². The van der Waals surface area contributed by atoms with Crippen molar-refractivity contribution >= 4 is 35.2 Å². The van der Waals surface area contributed by atoms with E-state index in [0.29, 0.717) is 51.2 Å². The van der Waals surface area contributed by atoms with Gasteiger partial charge in [0.25, 0.3) is 17.3 Å². The normalized spacial score (nSPS) is 30.8. The van der Waals surface area contributed by atoms with Crippen LogP contribution in [0.1, 0.15) is 118 Å². The second kappa shape index (κ2) is 17.1. The molecule has 1 aromatic heterocycles. The van der Waals surface area contributed by atoms with Crippen LogP contribution in [0.15, 0.2) is 21.8 Å². The van der Waals surface area contributed by atoms with Crippen LogP contribution in [0.3, 0.4) is 0 Å². The van der Waals surface area contributed by atoms with Crippen molar-refractivity contribution in [3.05, 3.63) is 49.9 Å². The summed E-state index contributed by atoms with van der Waals surface area (Å²) in [6, 6.07) is 4.56. The number of likely N-dealkylation sites (tertiary alicyclic amines) is 2. The smallest absolute Gasteiger partial charge is 0.254 e. The zero-order chi connectivity index (χ0) is 40.0. The summed E-state index contributed by atoms with van der Waals surface area (Å²) in [7, 11) is 0. The van der Waals surface area contributed by atoms with Crippen LogP contribution in [-0.2, 0) is 11.3 Å². The van der Waals surface area contributed by atoms with E-state index in [1.807, 2.05) is 38.0 Å². The Bertz CT molecular complexity index is 1810. The number of H-pyrrole nitrogens is 1. The summed E-state index contributed by atoms with van der Waals surface area (Å²) in [6.07, 6.45) is 17.8. The number of aryl methyl sites for hydroxylation is 1. The number of rotatable bonds is 9. The van der Waals surface area contributed by atoms with Crippen LogP contribution in [0, 0.1) is 49.4 Å². The molecule has 1 aromatic carbocycles. The molecule has 3 aliphatic heterocycles. The number of hydrogen-bond acceptors (Lipinski definition) is 8. The summed E-state index contributed by atoms with van der Waals surface area (Å²) in [4.78, 5) is 45.7. The standard InChI is InChI=1S/C35H48ClN5O5S.C10H16/c1-20-14-30(47-5)28(34(44)38-20)16-37-33(43)27-15-29(36)32-31(21(27)2)45-35(4,46-32)24-6-8-25(9-7-24)39-26-18-40(19-26)17-23-10-12-41(13-11-23)22(3)42;1-7-2-9-4-8(1)5-10(3-7)6-9/h14-15,23-26,39H,6-13,16-19H2,1-5H3,(H,37,43)(H,38,44);7-10H,1-6H2. The molecule has 12 heteroatoms. The highest BCUT2D eigenvalue weighted by atomic mass is 35.5. The highest BCUT2D eigenvalue weighted by Crippen LogP contribution is 2.54. The number of hydrogen-bond donors (Lipinski definition) is 3. The number of nitrogens with one attached hydrogen (secondary N) is 3. The molecular formula is C45H64ClN5O5S. The summed E-state index contributed by atoms with van der Waals surface area (Å²) in [5.41, 5.74) is 2.17. The first-order valence-corrected chi connectivity index (χ1v) is 23.4. The van der Waals surface area contributed by atoms with E-state index >= 15 is 0 Å². The number of piperidine rings is 1. The van der Waals surface area contributed by atoms with E-state index in [1.165, 1.54) is 35.4 Å². The van der Waals surface area contributed by atoms with Gasteiger partial charge >= 0.3 is 0 Å². The number of carbonyl (C=O) groups excluding carboxylic acids is 2. The van der Waals surface area contributed by atoms with Crippen molar-refractivity contribution in [1.29, 1.82) is 0 Å². The lowest BCUT2D eigenvalue weighted by Gasteiger charge is -2.49. The maximum atomic E-state index is 13.3.